The molecule has 146 valence electrons. The lowest BCUT2D eigenvalue weighted by Gasteiger charge is -2.29. The van der Waals surface area contributed by atoms with Gasteiger partial charge in [0.15, 0.2) is 11.6 Å². The quantitative estimate of drug-likeness (QED) is 0.772. The normalized spacial score (nSPS) is 31.7. The van der Waals surface area contributed by atoms with Crippen LogP contribution < -0.4 is 10.1 Å². The van der Waals surface area contributed by atoms with Gasteiger partial charge in [-0.2, -0.15) is 0 Å². The molecule has 4 rings (SSSR count). The molecule has 27 heavy (non-hydrogen) atoms. The monoisotopic (exact) mass is 378 g/mol. The predicted molar refractivity (Wildman–Crippen MR) is 93.2 cm³/mol. The number of hydrogen-bond donors (Lipinski definition) is 2. The molecular weight excluding hydrogens is 355 g/mol. The molecule has 3 aliphatic heterocycles. The lowest BCUT2D eigenvalue weighted by atomic mass is 9.73. The Morgan fingerprint density at radius 1 is 1.48 bits per heavy atom. The van der Waals surface area contributed by atoms with E-state index in [9.17, 15) is 14.0 Å². The van der Waals surface area contributed by atoms with E-state index in [1.54, 1.807) is 0 Å². The predicted octanol–water partition coefficient (Wildman–Crippen LogP) is 1.13. The number of fused-ring (bicyclic) bond motifs is 1. The van der Waals surface area contributed by atoms with Crippen molar-refractivity contribution in [3.63, 3.8) is 0 Å². The van der Waals surface area contributed by atoms with Crippen molar-refractivity contribution in [2.24, 2.45) is 11.8 Å². The molecule has 1 amide bonds. The summed E-state index contributed by atoms with van der Waals surface area (Å²) in [6, 6.07) is 4.02. The standard InChI is InChI=1S/C19H23FN2O5/c1-26-16-6-11(2-3-14(16)20)18(25)21-7-12-13-8-22(9-17(23)24)10-19(13)5-4-15(12)27-19/h2-3,6,12-13,15H,4-5,7-10H2,1H3,(H,21,25)(H,23,24)/t12-,13+,15+,19+/m0/s1. The molecule has 7 nitrogen and oxygen atoms in total. The molecule has 4 atom stereocenters. The Morgan fingerprint density at radius 3 is 3.04 bits per heavy atom. The Morgan fingerprint density at radius 2 is 2.30 bits per heavy atom. The van der Waals surface area contributed by atoms with Crippen LogP contribution in [0.4, 0.5) is 4.39 Å². The number of rotatable bonds is 6. The third-order valence-corrected chi connectivity index (χ3v) is 6.12. The highest BCUT2D eigenvalue weighted by atomic mass is 19.1. The lowest BCUT2D eigenvalue weighted by Crippen LogP contribution is -2.41. The second kappa shape index (κ2) is 6.76. The Balaban J connectivity index is 1.41. The molecule has 2 N–H and O–H groups in total. The minimum Gasteiger partial charge on any atom is -0.494 e. The zero-order valence-electron chi connectivity index (χ0n) is 15.1. The van der Waals surface area contributed by atoms with Crippen molar-refractivity contribution in [2.75, 3.05) is 33.3 Å². The topological polar surface area (TPSA) is 88.1 Å². The first-order chi connectivity index (χ1) is 12.9. The van der Waals surface area contributed by atoms with E-state index in [2.05, 4.69) is 5.32 Å². The minimum absolute atomic E-state index is 0.0146. The van der Waals surface area contributed by atoms with Crippen LogP contribution in [0.2, 0.25) is 0 Å². The van der Waals surface area contributed by atoms with Gasteiger partial charge in [0, 0.05) is 37.0 Å². The highest BCUT2D eigenvalue weighted by Gasteiger charge is 2.62. The molecule has 0 unspecified atom stereocenters. The number of aliphatic carboxylic acids is 1. The number of carboxylic acid groups (broad SMARTS) is 1. The SMILES string of the molecule is COc1cc(C(=O)NC[C@H]2[C@H]3CN(CC(=O)O)C[C@]34CC[C@H]2O4)ccc1F. The van der Waals surface area contributed by atoms with Crippen LogP contribution in [-0.2, 0) is 9.53 Å². The van der Waals surface area contributed by atoms with E-state index in [0.717, 1.165) is 12.8 Å². The molecule has 3 fully saturated rings. The van der Waals surface area contributed by atoms with Crippen LogP contribution in [0.5, 0.6) is 5.75 Å². The van der Waals surface area contributed by atoms with Gasteiger partial charge in [0.25, 0.3) is 5.91 Å². The van der Waals surface area contributed by atoms with Crippen LogP contribution in [0.3, 0.4) is 0 Å². The molecular formula is C19H23FN2O5. The van der Waals surface area contributed by atoms with Crippen molar-refractivity contribution in [2.45, 2.75) is 24.5 Å². The van der Waals surface area contributed by atoms with Crippen molar-refractivity contribution < 1.29 is 28.6 Å². The number of carbonyl (C=O) groups is 2. The van der Waals surface area contributed by atoms with E-state index in [1.807, 2.05) is 4.90 Å². The Labute approximate surface area is 156 Å². The highest BCUT2D eigenvalue weighted by Crippen LogP contribution is 2.54. The highest BCUT2D eigenvalue weighted by molar-refractivity contribution is 5.94. The summed E-state index contributed by atoms with van der Waals surface area (Å²) in [4.78, 5) is 25.4. The third-order valence-electron chi connectivity index (χ3n) is 6.12. The van der Waals surface area contributed by atoms with Crippen LogP contribution >= 0.6 is 0 Å². The summed E-state index contributed by atoms with van der Waals surface area (Å²) in [5.74, 6) is -1.23. The summed E-state index contributed by atoms with van der Waals surface area (Å²) in [5, 5.41) is 12.0. The van der Waals surface area contributed by atoms with Gasteiger partial charge in [-0.25, -0.2) is 4.39 Å². The molecule has 0 aromatic heterocycles. The molecule has 3 aliphatic rings. The molecule has 3 heterocycles. The molecule has 8 heteroatoms. The van der Waals surface area contributed by atoms with Gasteiger partial charge in [-0.1, -0.05) is 0 Å². The van der Waals surface area contributed by atoms with Gasteiger partial charge in [-0.05, 0) is 31.0 Å². The molecule has 1 aromatic rings. The molecule has 0 aliphatic carbocycles. The summed E-state index contributed by atoms with van der Waals surface area (Å²) in [6.45, 7) is 1.78. The van der Waals surface area contributed by atoms with Gasteiger partial charge in [0.2, 0.25) is 0 Å². The van der Waals surface area contributed by atoms with Gasteiger partial charge in [-0.3, -0.25) is 14.5 Å². The van der Waals surface area contributed by atoms with Crippen LogP contribution in [-0.4, -0.2) is 66.9 Å². The van der Waals surface area contributed by atoms with Gasteiger partial charge in [0.05, 0.1) is 25.4 Å². The van der Waals surface area contributed by atoms with Gasteiger partial charge in [0.1, 0.15) is 0 Å². The number of likely N-dealkylation sites (tertiary alicyclic amines) is 1. The molecule has 1 spiro atoms. The number of methoxy groups -OCH3 is 1. The summed E-state index contributed by atoms with van der Waals surface area (Å²) in [6.07, 6.45) is 1.98. The van der Waals surface area contributed by atoms with Crippen molar-refractivity contribution in [3.05, 3.63) is 29.6 Å². The largest absolute Gasteiger partial charge is 0.494 e. The molecule has 0 saturated carbocycles. The summed E-state index contributed by atoms with van der Waals surface area (Å²) in [5.41, 5.74) is 0.0696. The first-order valence-corrected chi connectivity index (χ1v) is 9.15. The Hall–Kier alpha value is -2.19. The number of hydrogen-bond acceptors (Lipinski definition) is 5. The second-order valence-electron chi connectivity index (χ2n) is 7.65. The fourth-order valence-corrected chi connectivity index (χ4v) is 4.99. The number of carboxylic acids is 1. The lowest BCUT2D eigenvalue weighted by molar-refractivity contribution is -0.138. The van der Waals surface area contributed by atoms with E-state index in [4.69, 9.17) is 14.6 Å². The van der Waals surface area contributed by atoms with Crippen LogP contribution in [0.1, 0.15) is 23.2 Å². The van der Waals surface area contributed by atoms with Crippen LogP contribution in [0.25, 0.3) is 0 Å². The first kappa shape index (κ1) is 18.2. The van der Waals surface area contributed by atoms with Crippen LogP contribution in [0.15, 0.2) is 18.2 Å². The van der Waals surface area contributed by atoms with E-state index in [-0.39, 0.29) is 41.7 Å². The molecule has 3 saturated heterocycles. The third kappa shape index (κ3) is 3.17. The maximum Gasteiger partial charge on any atom is 0.317 e. The molecule has 1 aromatic carbocycles. The van der Waals surface area contributed by atoms with Gasteiger partial charge in [-0.15, -0.1) is 0 Å². The smallest absolute Gasteiger partial charge is 0.317 e. The van der Waals surface area contributed by atoms with Crippen molar-refractivity contribution in [3.8, 4) is 5.75 Å². The zero-order valence-corrected chi connectivity index (χ0v) is 15.1. The molecule has 0 radical (unpaired) electrons. The number of amides is 1. The summed E-state index contributed by atoms with van der Waals surface area (Å²) < 4.78 is 24.7. The first-order valence-electron chi connectivity index (χ1n) is 9.15. The summed E-state index contributed by atoms with van der Waals surface area (Å²) in [7, 11) is 1.36. The number of nitrogens with one attached hydrogen (secondary N) is 1. The average Bonchev–Trinajstić information content (AvgIpc) is 3.27. The summed E-state index contributed by atoms with van der Waals surface area (Å²) >= 11 is 0. The number of benzene rings is 1. The number of carbonyl (C=O) groups excluding carboxylic acids is 1. The van der Waals surface area contributed by atoms with E-state index in [0.29, 0.717) is 25.2 Å². The average molecular weight is 378 g/mol. The maximum atomic E-state index is 13.5. The van der Waals surface area contributed by atoms with Crippen molar-refractivity contribution in [1.29, 1.82) is 0 Å². The van der Waals surface area contributed by atoms with Gasteiger partial charge < -0.3 is 19.9 Å². The number of nitrogens with zero attached hydrogens (tertiary/aromatic N) is 1. The molecule has 2 bridgehead atoms. The van der Waals surface area contributed by atoms with E-state index >= 15 is 0 Å². The Bertz CT molecular complexity index is 772. The fraction of sp³-hybridized carbons (Fsp3) is 0.579. The number of halogens is 1. The van der Waals surface area contributed by atoms with Gasteiger partial charge >= 0.3 is 5.97 Å². The zero-order chi connectivity index (χ0) is 19.2. The fourth-order valence-electron chi connectivity index (χ4n) is 4.99. The Kier molecular flexibility index (Phi) is 4.55. The maximum absolute atomic E-state index is 13.5. The van der Waals surface area contributed by atoms with E-state index < -0.39 is 11.8 Å². The van der Waals surface area contributed by atoms with Crippen LogP contribution in [0, 0.1) is 17.7 Å². The number of ether oxygens (including phenoxy) is 2. The van der Waals surface area contributed by atoms with Crippen molar-refractivity contribution >= 4 is 11.9 Å². The second-order valence-corrected chi connectivity index (χ2v) is 7.65. The van der Waals surface area contributed by atoms with Crippen molar-refractivity contribution in [1.82, 2.24) is 10.2 Å². The minimum atomic E-state index is -0.837. The van der Waals surface area contributed by atoms with E-state index in [1.165, 1.54) is 25.3 Å².